The average molecular weight is 296 g/mol. The lowest BCUT2D eigenvalue weighted by molar-refractivity contribution is 0.00376. The van der Waals surface area contributed by atoms with Crippen LogP contribution in [0, 0.1) is 5.82 Å². The zero-order valence-corrected chi connectivity index (χ0v) is 13.7. The Kier molecular flexibility index (Phi) is 4.87. The molecule has 0 heterocycles. The van der Waals surface area contributed by atoms with Crippen molar-refractivity contribution in [3.63, 3.8) is 0 Å². The zero-order chi connectivity index (χ0) is 16.4. The van der Waals surface area contributed by atoms with Gasteiger partial charge in [-0.25, -0.2) is 9.18 Å². The fraction of sp³-hybridized carbons (Fsp3) is 0.562. The van der Waals surface area contributed by atoms with Crippen molar-refractivity contribution >= 4 is 11.8 Å². The maximum atomic E-state index is 13.4. The van der Waals surface area contributed by atoms with Gasteiger partial charge < -0.3 is 10.5 Å². The molecule has 0 saturated carbocycles. The summed E-state index contributed by atoms with van der Waals surface area (Å²) in [5.74, 6) is -0.378. The number of nitrogens with two attached hydrogens (primary N) is 1. The number of nitrogens with zero attached hydrogens (tertiary/aromatic N) is 1. The molecule has 0 unspecified atom stereocenters. The SMILES string of the molecule is CC(C)(C)OC(=O)N(Cc1cc(F)ccc1N)C(C)(C)C. The second-order valence-corrected chi connectivity index (χ2v) is 7.08. The minimum atomic E-state index is -0.589. The molecule has 0 atom stereocenters. The third-order valence-corrected chi connectivity index (χ3v) is 2.86. The van der Waals surface area contributed by atoms with E-state index in [1.807, 2.05) is 41.5 Å². The van der Waals surface area contributed by atoms with Gasteiger partial charge in [0, 0.05) is 11.2 Å². The van der Waals surface area contributed by atoms with Gasteiger partial charge in [-0.2, -0.15) is 0 Å². The van der Waals surface area contributed by atoms with Gasteiger partial charge in [0.1, 0.15) is 11.4 Å². The molecular weight excluding hydrogens is 271 g/mol. The van der Waals surface area contributed by atoms with Crippen LogP contribution in [0.2, 0.25) is 0 Å². The highest BCUT2D eigenvalue weighted by molar-refractivity contribution is 5.69. The quantitative estimate of drug-likeness (QED) is 0.841. The van der Waals surface area contributed by atoms with E-state index >= 15 is 0 Å². The molecule has 0 spiro atoms. The number of benzene rings is 1. The van der Waals surface area contributed by atoms with Gasteiger partial charge >= 0.3 is 6.09 Å². The van der Waals surface area contributed by atoms with Crippen LogP contribution in [-0.2, 0) is 11.3 Å². The molecule has 0 aliphatic heterocycles. The summed E-state index contributed by atoms with van der Waals surface area (Å²) in [7, 11) is 0. The number of hydrogen-bond donors (Lipinski definition) is 1. The van der Waals surface area contributed by atoms with E-state index < -0.39 is 17.2 Å². The Morgan fingerprint density at radius 1 is 1.24 bits per heavy atom. The highest BCUT2D eigenvalue weighted by Gasteiger charge is 2.31. The van der Waals surface area contributed by atoms with Crippen LogP contribution in [0.15, 0.2) is 18.2 Å². The maximum absolute atomic E-state index is 13.4. The van der Waals surface area contributed by atoms with E-state index in [4.69, 9.17) is 10.5 Å². The van der Waals surface area contributed by atoms with E-state index in [2.05, 4.69) is 0 Å². The summed E-state index contributed by atoms with van der Waals surface area (Å²) >= 11 is 0. The predicted molar refractivity (Wildman–Crippen MR) is 82.3 cm³/mol. The average Bonchev–Trinajstić information content (AvgIpc) is 2.26. The minimum absolute atomic E-state index is 0.196. The van der Waals surface area contributed by atoms with Crippen molar-refractivity contribution in [2.24, 2.45) is 0 Å². The molecule has 4 nitrogen and oxygen atoms in total. The summed E-state index contributed by atoms with van der Waals surface area (Å²) in [6, 6.07) is 4.15. The summed E-state index contributed by atoms with van der Waals surface area (Å²) in [4.78, 5) is 13.9. The lowest BCUT2D eigenvalue weighted by atomic mass is 10.0. The van der Waals surface area contributed by atoms with Crippen molar-refractivity contribution < 1.29 is 13.9 Å². The van der Waals surface area contributed by atoms with Crippen LogP contribution in [0.3, 0.4) is 0 Å². The molecule has 1 aromatic carbocycles. The highest BCUT2D eigenvalue weighted by atomic mass is 19.1. The van der Waals surface area contributed by atoms with Gasteiger partial charge in [-0.3, -0.25) is 4.90 Å². The molecule has 1 amide bonds. The van der Waals surface area contributed by atoms with Crippen molar-refractivity contribution in [1.29, 1.82) is 0 Å². The van der Waals surface area contributed by atoms with Crippen LogP contribution in [0.1, 0.15) is 47.1 Å². The van der Waals surface area contributed by atoms with E-state index in [0.717, 1.165) is 0 Å². The molecular formula is C16H25FN2O2. The van der Waals surface area contributed by atoms with Gasteiger partial charge in [0.25, 0.3) is 0 Å². The van der Waals surface area contributed by atoms with Gasteiger partial charge in [0.2, 0.25) is 0 Å². The Hall–Kier alpha value is -1.78. The van der Waals surface area contributed by atoms with Gasteiger partial charge in [0.15, 0.2) is 0 Å². The first-order chi connectivity index (χ1) is 9.40. The number of carbonyl (C=O) groups excluding carboxylic acids is 1. The second kappa shape index (κ2) is 5.92. The van der Waals surface area contributed by atoms with E-state index in [1.54, 1.807) is 4.90 Å². The molecule has 0 aliphatic rings. The number of halogens is 1. The Morgan fingerprint density at radius 2 is 1.81 bits per heavy atom. The second-order valence-electron chi connectivity index (χ2n) is 7.08. The predicted octanol–water partition coefficient (Wildman–Crippen LogP) is 3.94. The molecule has 0 aromatic heterocycles. The number of carbonyl (C=O) groups is 1. The maximum Gasteiger partial charge on any atom is 0.411 e. The van der Waals surface area contributed by atoms with Crippen LogP contribution in [0.25, 0.3) is 0 Å². The van der Waals surface area contributed by atoms with Crippen LogP contribution in [-0.4, -0.2) is 22.1 Å². The Balaban J connectivity index is 3.05. The van der Waals surface area contributed by atoms with Crippen LogP contribution in [0.4, 0.5) is 14.9 Å². The number of ether oxygens (including phenoxy) is 1. The molecule has 2 N–H and O–H groups in total. The molecule has 118 valence electrons. The molecule has 0 fully saturated rings. The summed E-state index contributed by atoms with van der Waals surface area (Å²) in [6.45, 7) is 11.3. The number of nitrogen functional groups attached to an aromatic ring is 1. The lowest BCUT2D eigenvalue weighted by Crippen LogP contribution is -2.47. The van der Waals surface area contributed by atoms with Crippen LogP contribution in [0.5, 0.6) is 0 Å². The zero-order valence-electron chi connectivity index (χ0n) is 13.7. The summed E-state index contributed by atoms with van der Waals surface area (Å²) < 4.78 is 18.8. The van der Waals surface area contributed by atoms with Crippen molar-refractivity contribution in [3.8, 4) is 0 Å². The topological polar surface area (TPSA) is 55.6 Å². The minimum Gasteiger partial charge on any atom is -0.444 e. The molecule has 1 aromatic rings. The fourth-order valence-corrected chi connectivity index (χ4v) is 1.77. The van der Waals surface area contributed by atoms with E-state index in [0.29, 0.717) is 11.3 Å². The van der Waals surface area contributed by atoms with E-state index in [-0.39, 0.29) is 12.4 Å². The standard InChI is InChI=1S/C16H25FN2O2/c1-15(2,3)19(14(20)21-16(4,5)6)10-11-9-12(17)7-8-13(11)18/h7-9H,10,18H2,1-6H3. The smallest absolute Gasteiger partial charge is 0.411 e. The van der Waals surface area contributed by atoms with Gasteiger partial charge in [0.05, 0.1) is 6.54 Å². The molecule has 1 rings (SSSR count). The molecule has 21 heavy (non-hydrogen) atoms. The number of anilines is 1. The molecule has 0 aliphatic carbocycles. The third kappa shape index (κ3) is 5.25. The number of amides is 1. The summed E-state index contributed by atoms with van der Waals surface area (Å²) in [5.41, 5.74) is 5.82. The first-order valence-corrected chi connectivity index (χ1v) is 6.95. The van der Waals surface area contributed by atoms with E-state index in [1.165, 1.54) is 18.2 Å². The van der Waals surface area contributed by atoms with E-state index in [9.17, 15) is 9.18 Å². The Morgan fingerprint density at radius 3 is 2.29 bits per heavy atom. The molecule has 5 heteroatoms. The molecule has 0 saturated heterocycles. The molecule has 0 radical (unpaired) electrons. The van der Waals surface area contributed by atoms with Gasteiger partial charge in [-0.05, 0) is 65.3 Å². The van der Waals surface area contributed by atoms with Gasteiger partial charge in [-0.15, -0.1) is 0 Å². The van der Waals surface area contributed by atoms with Crippen molar-refractivity contribution in [2.45, 2.75) is 59.2 Å². The Labute approximate surface area is 126 Å². The van der Waals surface area contributed by atoms with Crippen LogP contribution < -0.4 is 5.73 Å². The number of rotatable bonds is 2. The largest absolute Gasteiger partial charge is 0.444 e. The lowest BCUT2D eigenvalue weighted by Gasteiger charge is -2.37. The third-order valence-electron chi connectivity index (χ3n) is 2.86. The highest BCUT2D eigenvalue weighted by Crippen LogP contribution is 2.24. The first kappa shape index (κ1) is 17.3. The monoisotopic (exact) mass is 296 g/mol. The Bertz CT molecular complexity index is 516. The normalized spacial score (nSPS) is 12.1. The van der Waals surface area contributed by atoms with Crippen molar-refractivity contribution in [1.82, 2.24) is 4.90 Å². The molecule has 0 bridgehead atoms. The van der Waals surface area contributed by atoms with Crippen LogP contribution >= 0.6 is 0 Å². The first-order valence-electron chi connectivity index (χ1n) is 6.95. The van der Waals surface area contributed by atoms with Crippen molar-refractivity contribution in [2.75, 3.05) is 5.73 Å². The summed E-state index contributed by atoms with van der Waals surface area (Å²) in [5, 5.41) is 0. The number of hydrogen-bond acceptors (Lipinski definition) is 3. The fourth-order valence-electron chi connectivity index (χ4n) is 1.77. The summed E-state index contributed by atoms with van der Waals surface area (Å²) in [6.07, 6.45) is -0.446. The van der Waals surface area contributed by atoms with Gasteiger partial charge in [-0.1, -0.05) is 0 Å². The van der Waals surface area contributed by atoms with Crippen molar-refractivity contribution in [3.05, 3.63) is 29.6 Å².